The van der Waals surface area contributed by atoms with Crippen molar-refractivity contribution in [2.24, 2.45) is 11.8 Å². The Morgan fingerprint density at radius 3 is 2.67 bits per heavy atom. The Balaban J connectivity index is 1.73. The number of rotatable bonds is 8. The fraction of sp³-hybridized carbons (Fsp3) is 0.579. The fourth-order valence-electron chi connectivity index (χ4n) is 2.84. The van der Waals surface area contributed by atoms with Gasteiger partial charge in [-0.25, -0.2) is 0 Å². The average Bonchev–Trinajstić information content (AvgIpc) is 2.94. The standard InChI is InChI=1S/C19H28N2O3/c1-14(2)9-11-21-13-16(12-18(21)22)19(23)20-10-8-15-4-6-17(24-3)7-5-15/h4-7,14,16H,8-13H2,1-3H3,(H,20,23). The monoisotopic (exact) mass is 332 g/mol. The number of nitrogens with one attached hydrogen (secondary N) is 1. The molecule has 1 atom stereocenters. The van der Waals surface area contributed by atoms with E-state index in [4.69, 9.17) is 4.74 Å². The number of hydrogen-bond acceptors (Lipinski definition) is 3. The van der Waals surface area contributed by atoms with Crippen molar-refractivity contribution < 1.29 is 14.3 Å². The number of hydrogen-bond donors (Lipinski definition) is 1. The van der Waals surface area contributed by atoms with Crippen molar-refractivity contribution in [3.63, 3.8) is 0 Å². The van der Waals surface area contributed by atoms with E-state index in [1.54, 1.807) is 7.11 Å². The fourth-order valence-corrected chi connectivity index (χ4v) is 2.84. The van der Waals surface area contributed by atoms with Gasteiger partial charge in [-0.1, -0.05) is 26.0 Å². The lowest BCUT2D eigenvalue weighted by molar-refractivity contribution is -0.129. The second kappa shape index (κ2) is 8.71. The van der Waals surface area contributed by atoms with Gasteiger partial charge in [0.2, 0.25) is 11.8 Å². The molecule has 1 heterocycles. The zero-order chi connectivity index (χ0) is 17.5. The highest BCUT2D eigenvalue weighted by Gasteiger charge is 2.33. The first kappa shape index (κ1) is 18.3. The van der Waals surface area contributed by atoms with Gasteiger partial charge in [0.25, 0.3) is 0 Å². The minimum absolute atomic E-state index is 0.0103. The Morgan fingerprint density at radius 2 is 2.04 bits per heavy atom. The largest absolute Gasteiger partial charge is 0.497 e. The highest BCUT2D eigenvalue weighted by atomic mass is 16.5. The van der Waals surface area contributed by atoms with Gasteiger partial charge in [0.15, 0.2) is 0 Å². The van der Waals surface area contributed by atoms with E-state index in [9.17, 15) is 9.59 Å². The number of nitrogens with zero attached hydrogens (tertiary/aromatic N) is 1. The summed E-state index contributed by atoms with van der Waals surface area (Å²) in [4.78, 5) is 26.1. The number of ether oxygens (including phenoxy) is 1. The maximum Gasteiger partial charge on any atom is 0.225 e. The molecule has 1 unspecified atom stereocenters. The second-order valence-corrected chi connectivity index (χ2v) is 6.81. The first-order valence-electron chi connectivity index (χ1n) is 8.68. The van der Waals surface area contributed by atoms with Crippen LogP contribution in [0.15, 0.2) is 24.3 Å². The topological polar surface area (TPSA) is 58.6 Å². The molecule has 1 aliphatic heterocycles. The van der Waals surface area contributed by atoms with Gasteiger partial charge in [0.1, 0.15) is 5.75 Å². The maximum atomic E-state index is 12.3. The Labute approximate surface area is 144 Å². The first-order chi connectivity index (χ1) is 11.5. The molecule has 1 aromatic carbocycles. The minimum atomic E-state index is -0.208. The van der Waals surface area contributed by atoms with E-state index in [0.717, 1.165) is 30.7 Å². The van der Waals surface area contributed by atoms with Gasteiger partial charge in [-0.3, -0.25) is 9.59 Å². The Hall–Kier alpha value is -2.04. The molecule has 0 aromatic heterocycles. The summed E-state index contributed by atoms with van der Waals surface area (Å²) >= 11 is 0. The third-order valence-electron chi connectivity index (χ3n) is 4.43. The second-order valence-electron chi connectivity index (χ2n) is 6.81. The molecule has 2 rings (SSSR count). The van der Waals surface area contributed by atoms with Gasteiger partial charge < -0.3 is 15.0 Å². The van der Waals surface area contributed by atoms with Crippen LogP contribution in [0.25, 0.3) is 0 Å². The van der Waals surface area contributed by atoms with Crippen LogP contribution in [0.2, 0.25) is 0 Å². The van der Waals surface area contributed by atoms with Crippen molar-refractivity contribution in [2.75, 3.05) is 26.7 Å². The van der Waals surface area contributed by atoms with Crippen molar-refractivity contribution in [2.45, 2.75) is 33.1 Å². The van der Waals surface area contributed by atoms with E-state index in [0.29, 0.717) is 25.4 Å². The summed E-state index contributed by atoms with van der Waals surface area (Å²) in [5.74, 6) is 1.28. The SMILES string of the molecule is COc1ccc(CCNC(=O)C2CC(=O)N(CCC(C)C)C2)cc1. The highest BCUT2D eigenvalue weighted by Crippen LogP contribution is 2.19. The van der Waals surface area contributed by atoms with Crippen LogP contribution in [0, 0.1) is 11.8 Å². The summed E-state index contributed by atoms with van der Waals surface area (Å²) in [6.07, 6.45) is 2.09. The summed E-state index contributed by atoms with van der Waals surface area (Å²) in [5.41, 5.74) is 1.15. The molecule has 0 aliphatic carbocycles. The van der Waals surface area contributed by atoms with Gasteiger partial charge >= 0.3 is 0 Å². The number of likely N-dealkylation sites (tertiary alicyclic amines) is 1. The van der Waals surface area contributed by atoms with Gasteiger partial charge in [-0.05, 0) is 36.5 Å². The minimum Gasteiger partial charge on any atom is -0.497 e. The lowest BCUT2D eigenvalue weighted by atomic mass is 10.1. The van der Waals surface area contributed by atoms with Crippen LogP contribution < -0.4 is 10.1 Å². The predicted molar refractivity (Wildman–Crippen MR) is 93.8 cm³/mol. The zero-order valence-corrected chi connectivity index (χ0v) is 14.9. The summed E-state index contributed by atoms with van der Waals surface area (Å²) in [7, 11) is 1.64. The average molecular weight is 332 g/mol. The maximum absolute atomic E-state index is 12.3. The number of carbonyl (C=O) groups excluding carboxylic acids is 2. The van der Waals surface area contributed by atoms with Crippen molar-refractivity contribution in [1.82, 2.24) is 10.2 Å². The van der Waals surface area contributed by atoms with E-state index >= 15 is 0 Å². The summed E-state index contributed by atoms with van der Waals surface area (Å²) in [6.45, 7) is 6.18. The lowest BCUT2D eigenvalue weighted by Crippen LogP contribution is -2.34. The van der Waals surface area contributed by atoms with Crippen LogP contribution in [0.1, 0.15) is 32.3 Å². The first-order valence-corrected chi connectivity index (χ1v) is 8.68. The Kier molecular flexibility index (Phi) is 6.64. The molecule has 1 aromatic rings. The quantitative estimate of drug-likeness (QED) is 0.794. The molecule has 1 aliphatic rings. The Bertz CT molecular complexity index is 554. The van der Waals surface area contributed by atoms with Crippen LogP contribution in [-0.4, -0.2) is 43.5 Å². The molecule has 24 heavy (non-hydrogen) atoms. The number of amides is 2. The van der Waals surface area contributed by atoms with Crippen LogP contribution in [0.5, 0.6) is 5.75 Å². The van der Waals surface area contributed by atoms with E-state index in [-0.39, 0.29) is 17.7 Å². The summed E-state index contributed by atoms with van der Waals surface area (Å²) in [6, 6.07) is 7.83. The third-order valence-corrected chi connectivity index (χ3v) is 4.43. The third kappa shape index (κ3) is 5.25. The van der Waals surface area contributed by atoms with Crippen LogP contribution in [0.3, 0.4) is 0 Å². The molecular weight excluding hydrogens is 304 g/mol. The number of carbonyl (C=O) groups is 2. The van der Waals surface area contributed by atoms with E-state index < -0.39 is 0 Å². The van der Waals surface area contributed by atoms with Gasteiger partial charge in [-0.15, -0.1) is 0 Å². The molecule has 0 spiro atoms. The smallest absolute Gasteiger partial charge is 0.225 e. The molecular formula is C19H28N2O3. The van der Waals surface area contributed by atoms with Crippen molar-refractivity contribution in [1.29, 1.82) is 0 Å². The normalized spacial score (nSPS) is 17.4. The molecule has 5 nitrogen and oxygen atoms in total. The molecule has 1 fully saturated rings. The molecule has 0 saturated carbocycles. The molecule has 1 N–H and O–H groups in total. The van der Waals surface area contributed by atoms with E-state index in [2.05, 4.69) is 19.2 Å². The van der Waals surface area contributed by atoms with Crippen molar-refractivity contribution >= 4 is 11.8 Å². The molecule has 132 valence electrons. The molecule has 0 bridgehead atoms. The molecule has 5 heteroatoms. The molecule has 0 radical (unpaired) electrons. The zero-order valence-electron chi connectivity index (χ0n) is 14.9. The van der Waals surface area contributed by atoms with Gasteiger partial charge in [-0.2, -0.15) is 0 Å². The van der Waals surface area contributed by atoms with Crippen molar-refractivity contribution in [3.05, 3.63) is 29.8 Å². The highest BCUT2D eigenvalue weighted by molar-refractivity contribution is 5.89. The predicted octanol–water partition coefficient (Wildman–Crippen LogP) is 2.25. The van der Waals surface area contributed by atoms with Crippen LogP contribution in [0.4, 0.5) is 0 Å². The summed E-state index contributed by atoms with van der Waals surface area (Å²) < 4.78 is 5.13. The summed E-state index contributed by atoms with van der Waals surface area (Å²) in [5, 5.41) is 2.96. The Morgan fingerprint density at radius 1 is 1.33 bits per heavy atom. The lowest BCUT2D eigenvalue weighted by Gasteiger charge is -2.17. The number of benzene rings is 1. The van der Waals surface area contributed by atoms with Crippen molar-refractivity contribution in [3.8, 4) is 5.75 Å². The van der Waals surface area contributed by atoms with Gasteiger partial charge in [0.05, 0.1) is 13.0 Å². The molecule has 2 amide bonds. The molecule has 1 saturated heterocycles. The van der Waals surface area contributed by atoms with E-state index in [1.165, 1.54) is 0 Å². The van der Waals surface area contributed by atoms with E-state index in [1.807, 2.05) is 29.2 Å². The van der Waals surface area contributed by atoms with Crippen LogP contribution in [-0.2, 0) is 16.0 Å². The van der Waals surface area contributed by atoms with Crippen LogP contribution >= 0.6 is 0 Å². The van der Waals surface area contributed by atoms with Gasteiger partial charge in [0, 0.05) is 26.1 Å². The number of methoxy groups -OCH3 is 1.